The standard InChI is InChI=1S/C27H32N2O5Si/c1-26(2,3)35(4,5)33-13-12-27-14-20(30)23(34-27)21-22(27)25(32)29(24(21)31)19-11-10-16(15-28)17-8-6-7-9-18(17)19/h6-11,20-23,30H,12-14H2,1-5H3/t20-,21+,22+,23-,27+/m0/s1. The summed E-state index contributed by atoms with van der Waals surface area (Å²) in [5.74, 6) is -2.00. The first-order valence-corrected chi connectivity index (χ1v) is 15.1. The third-order valence-electron chi connectivity index (χ3n) is 8.63. The van der Waals surface area contributed by atoms with E-state index >= 15 is 0 Å². The Bertz CT molecular complexity index is 1260. The largest absolute Gasteiger partial charge is 0.417 e. The number of rotatable bonds is 5. The topological polar surface area (TPSA) is 99.9 Å². The molecule has 0 unspecified atom stereocenters. The SMILES string of the molecule is CC(C)(C)[Si](C)(C)OCC[C@]12C[C@H](O)[C@H](O1)[C@@H]1C(=O)N(c3ccc(C#N)c4ccccc34)C(=O)[C@@H]12. The van der Waals surface area contributed by atoms with E-state index in [1.54, 1.807) is 12.1 Å². The predicted octanol–water partition coefficient (Wildman–Crippen LogP) is 4.13. The fourth-order valence-electron chi connectivity index (χ4n) is 5.78. The monoisotopic (exact) mass is 492 g/mol. The number of nitriles is 1. The van der Waals surface area contributed by atoms with Crippen LogP contribution in [-0.4, -0.2) is 49.7 Å². The summed E-state index contributed by atoms with van der Waals surface area (Å²) in [7, 11) is -2.00. The van der Waals surface area contributed by atoms with Crippen LogP contribution in [0.4, 0.5) is 5.69 Å². The summed E-state index contributed by atoms with van der Waals surface area (Å²) < 4.78 is 12.6. The number of carbonyl (C=O) groups excluding carboxylic acids is 2. The highest BCUT2D eigenvalue weighted by atomic mass is 28.4. The Morgan fingerprint density at radius 3 is 2.51 bits per heavy atom. The molecule has 8 heteroatoms. The molecule has 2 aromatic rings. The number of amides is 2. The zero-order chi connectivity index (χ0) is 25.3. The van der Waals surface area contributed by atoms with Gasteiger partial charge in [0.25, 0.3) is 0 Å². The van der Waals surface area contributed by atoms with E-state index < -0.39 is 38.0 Å². The van der Waals surface area contributed by atoms with E-state index in [-0.39, 0.29) is 16.9 Å². The normalized spacial score (nSPS) is 30.3. The van der Waals surface area contributed by atoms with Crippen LogP contribution in [0, 0.1) is 23.2 Å². The molecule has 35 heavy (non-hydrogen) atoms. The van der Waals surface area contributed by atoms with Gasteiger partial charge in [-0.05, 0) is 36.7 Å². The van der Waals surface area contributed by atoms with E-state index in [9.17, 15) is 20.0 Å². The van der Waals surface area contributed by atoms with Gasteiger partial charge in [-0.2, -0.15) is 5.26 Å². The number of hydrogen-bond donors (Lipinski definition) is 1. The molecule has 3 fully saturated rings. The molecule has 0 radical (unpaired) electrons. The summed E-state index contributed by atoms with van der Waals surface area (Å²) >= 11 is 0. The molecule has 5 atom stereocenters. The minimum atomic E-state index is -2.00. The maximum absolute atomic E-state index is 13.9. The quantitative estimate of drug-likeness (QED) is 0.498. The molecule has 3 aliphatic rings. The molecule has 3 heterocycles. The van der Waals surface area contributed by atoms with Crippen LogP contribution in [0.1, 0.15) is 39.2 Å². The number of anilines is 1. The van der Waals surface area contributed by atoms with Crippen LogP contribution in [-0.2, 0) is 18.8 Å². The van der Waals surface area contributed by atoms with Crippen molar-refractivity contribution in [1.82, 2.24) is 0 Å². The van der Waals surface area contributed by atoms with Gasteiger partial charge >= 0.3 is 0 Å². The third-order valence-corrected chi connectivity index (χ3v) is 13.2. The van der Waals surface area contributed by atoms with E-state index in [1.807, 2.05) is 24.3 Å². The third kappa shape index (κ3) is 3.48. The highest BCUT2D eigenvalue weighted by Gasteiger charge is 2.72. The van der Waals surface area contributed by atoms with Gasteiger partial charge in [0.2, 0.25) is 11.8 Å². The predicted molar refractivity (Wildman–Crippen MR) is 134 cm³/mol. The maximum Gasteiger partial charge on any atom is 0.240 e. The molecule has 2 aromatic carbocycles. The first-order chi connectivity index (χ1) is 16.4. The van der Waals surface area contributed by atoms with Crippen molar-refractivity contribution in [2.24, 2.45) is 11.8 Å². The van der Waals surface area contributed by atoms with Crippen molar-refractivity contribution in [1.29, 1.82) is 5.26 Å². The number of aliphatic hydroxyl groups excluding tert-OH is 1. The molecule has 2 amide bonds. The number of aliphatic hydroxyl groups is 1. The highest BCUT2D eigenvalue weighted by molar-refractivity contribution is 6.74. The van der Waals surface area contributed by atoms with Crippen LogP contribution in [0.25, 0.3) is 10.8 Å². The molecule has 5 rings (SSSR count). The summed E-state index contributed by atoms with van der Waals surface area (Å²) in [5, 5.41) is 21.7. The van der Waals surface area contributed by atoms with Gasteiger partial charge in [0, 0.05) is 23.8 Å². The lowest BCUT2D eigenvalue weighted by molar-refractivity contribution is -0.128. The fraction of sp³-hybridized carbons (Fsp3) is 0.519. The van der Waals surface area contributed by atoms with Crippen LogP contribution in [0.3, 0.4) is 0 Å². The van der Waals surface area contributed by atoms with Gasteiger partial charge in [-0.15, -0.1) is 0 Å². The van der Waals surface area contributed by atoms with Crippen LogP contribution >= 0.6 is 0 Å². The van der Waals surface area contributed by atoms with E-state index in [0.717, 1.165) is 0 Å². The molecular formula is C27H32N2O5Si. The molecule has 0 saturated carbocycles. The number of imide groups is 1. The molecule has 3 aliphatic heterocycles. The van der Waals surface area contributed by atoms with Gasteiger partial charge in [0.05, 0.1) is 47.0 Å². The van der Waals surface area contributed by atoms with Crippen LogP contribution < -0.4 is 4.90 Å². The second kappa shape index (κ2) is 7.97. The average Bonchev–Trinajstić information content (AvgIpc) is 3.39. The van der Waals surface area contributed by atoms with Gasteiger partial charge in [0.1, 0.15) is 0 Å². The first kappa shape index (κ1) is 24.1. The van der Waals surface area contributed by atoms with E-state index in [0.29, 0.717) is 41.5 Å². The molecule has 1 N–H and O–H groups in total. The molecule has 2 bridgehead atoms. The number of nitrogens with zero attached hydrogens (tertiary/aromatic N) is 2. The molecule has 0 aromatic heterocycles. The maximum atomic E-state index is 13.9. The number of fused-ring (bicyclic) bond motifs is 6. The molecule has 0 aliphatic carbocycles. The van der Waals surface area contributed by atoms with Gasteiger partial charge in [-0.3, -0.25) is 9.59 Å². The molecular weight excluding hydrogens is 460 g/mol. The zero-order valence-corrected chi connectivity index (χ0v) is 21.9. The Morgan fingerprint density at radius 2 is 1.86 bits per heavy atom. The van der Waals surface area contributed by atoms with Crippen molar-refractivity contribution in [3.8, 4) is 6.07 Å². The van der Waals surface area contributed by atoms with Crippen LogP contribution in [0.2, 0.25) is 18.1 Å². The second-order valence-electron chi connectivity index (χ2n) is 11.6. The first-order valence-electron chi connectivity index (χ1n) is 12.2. The van der Waals surface area contributed by atoms with Crippen molar-refractivity contribution in [2.75, 3.05) is 11.5 Å². The Balaban J connectivity index is 1.48. The second-order valence-corrected chi connectivity index (χ2v) is 16.4. The van der Waals surface area contributed by atoms with Crippen molar-refractivity contribution < 1.29 is 23.9 Å². The Kier molecular flexibility index (Phi) is 5.49. The van der Waals surface area contributed by atoms with Crippen molar-refractivity contribution >= 4 is 36.6 Å². The number of carbonyl (C=O) groups is 2. The molecule has 3 saturated heterocycles. The van der Waals surface area contributed by atoms with Gasteiger partial charge in [0.15, 0.2) is 8.32 Å². The minimum Gasteiger partial charge on any atom is -0.417 e. The summed E-state index contributed by atoms with van der Waals surface area (Å²) in [5.41, 5.74) is 0.0494. The van der Waals surface area contributed by atoms with Crippen LogP contribution in [0.15, 0.2) is 36.4 Å². The van der Waals surface area contributed by atoms with Crippen molar-refractivity contribution in [2.45, 2.75) is 69.6 Å². The lowest BCUT2D eigenvalue weighted by atomic mass is 9.70. The van der Waals surface area contributed by atoms with Crippen molar-refractivity contribution in [3.63, 3.8) is 0 Å². The molecule has 184 valence electrons. The summed E-state index contributed by atoms with van der Waals surface area (Å²) in [6.07, 6.45) is -0.715. The Hall–Kier alpha value is -2.57. The zero-order valence-electron chi connectivity index (χ0n) is 20.9. The minimum absolute atomic E-state index is 0.0497. The highest BCUT2D eigenvalue weighted by Crippen LogP contribution is 2.57. The number of hydrogen-bond acceptors (Lipinski definition) is 6. The summed E-state index contributed by atoms with van der Waals surface area (Å²) in [6, 6.07) is 12.8. The Morgan fingerprint density at radius 1 is 1.17 bits per heavy atom. The van der Waals surface area contributed by atoms with E-state index in [4.69, 9.17) is 9.16 Å². The van der Waals surface area contributed by atoms with E-state index in [1.165, 1.54) is 4.90 Å². The van der Waals surface area contributed by atoms with E-state index in [2.05, 4.69) is 39.9 Å². The number of ether oxygens (including phenoxy) is 1. The van der Waals surface area contributed by atoms with Crippen molar-refractivity contribution in [3.05, 3.63) is 42.0 Å². The molecule has 7 nitrogen and oxygen atoms in total. The van der Waals surface area contributed by atoms with Gasteiger partial charge in [-0.25, -0.2) is 4.90 Å². The Labute approximate surface area is 206 Å². The smallest absolute Gasteiger partial charge is 0.240 e. The van der Waals surface area contributed by atoms with Gasteiger partial charge < -0.3 is 14.3 Å². The lowest BCUT2D eigenvalue weighted by Gasteiger charge is -2.38. The van der Waals surface area contributed by atoms with Gasteiger partial charge in [-0.1, -0.05) is 45.0 Å². The lowest BCUT2D eigenvalue weighted by Crippen LogP contribution is -2.47. The average molecular weight is 493 g/mol. The summed E-state index contributed by atoms with van der Waals surface area (Å²) in [6.45, 7) is 11.3. The van der Waals surface area contributed by atoms with Crippen LogP contribution in [0.5, 0.6) is 0 Å². The fourth-order valence-corrected chi connectivity index (χ4v) is 6.83. The number of benzene rings is 2. The molecule has 0 spiro atoms. The summed E-state index contributed by atoms with van der Waals surface area (Å²) in [4.78, 5) is 28.8.